The van der Waals surface area contributed by atoms with Gasteiger partial charge in [0.2, 0.25) is 0 Å². The lowest BCUT2D eigenvalue weighted by Crippen LogP contribution is -2.41. The topological polar surface area (TPSA) is 74.6 Å². The molecule has 1 amide bonds. The smallest absolute Gasteiger partial charge is 0.253 e. The fraction of sp³-hybridized carbons (Fsp3) is 0.417. The first kappa shape index (κ1) is 14.1. The Kier molecular flexibility index (Phi) is 4.79. The van der Waals surface area contributed by atoms with E-state index in [-0.39, 0.29) is 5.91 Å². The Morgan fingerprint density at radius 2 is 2.22 bits per heavy atom. The predicted octanol–water partition coefficient (Wildman–Crippen LogP) is 0.326. The summed E-state index contributed by atoms with van der Waals surface area (Å²) in [5.41, 5.74) is 0.993. The molecular formula is C12H19N4O2+. The molecule has 0 aliphatic rings. The third kappa shape index (κ3) is 4.92. The molecule has 0 spiro atoms. The van der Waals surface area contributed by atoms with Gasteiger partial charge in [-0.25, -0.2) is 0 Å². The van der Waals surface area contributed by atoms with Gasteiger partial charge in [-0.05, 0) is 12.1 Å². The summed E-state index contributed by atoms with van der Waals surface area (Å²) < 4.78 is 0.796. The van der Waals surface area contributed by atoms with E-state index < -0.39 is 0 Å². The van der Waals surface area contributed by atoms with Gasteiger partial charge in [0.05, 0.1) is 51.7 Å². The highest BCUT2D eigenvalue weighted by Crippen LogP contribution is 1.99. The van der Waals surface area contributed by atoms with Gasteiger partial charge in [0.25, 0.3) is 5.91 Å². The van der Waals surface area contributed by atoms with Crippen molar-refractivity contribution in [3.63, 3.8) is 0 Å². The number of nitrogens with zero attached hydrogens (tertiary/aromatic N) is 3. The van der Waals surface area contributed by atoms with E-state index >= 15 is 0 Å². The minimum atomic E-state index is -0.150. The molecule has 0 radical (unpaired) electrons. The maximum absolute atomic E-state index is 11.8. The number of amides is 1. The molecule has 6 heteroatoms. The second-order valence-electron chi connectivity index (χ2n) is 4.99. The van der Waals surface area contributed by atoms with Gasteiger partial charge >= 0.3 is 0 Å². The van der Waals surface area contributed by atoms with Gasteiger partial charge in [-0.3, -0.25) is 9.78 Å². The van der Waals surface area contributed by atoms with Crippen LogP contribution >= 0.6 is 0 Å². The number of likely N-dealkylation sites (N-methyl/N-ethyl adjacent to an activating group) is 1. The molecular weight excluding hydrogens is 232 g/mol. The van der Waals surface area contributed by atoms with Crippen LogP contribution in [0.25, 0.3) is 0 Å². The van der Waals surface area contributed by atoms with Crippen LogP contribution in [0, 0.1) is 0 Å². The Hall–Kier alpha value is -1.95. The number of aromatic nitrogens is 1. The van der Waals surface area contributed by atoms with Crippen molar-refractivity contribution in [3.05, 3.63) is 29.6 Å². The Bertz CT molecular complexity index is 421. The van der Waals surface area contributed by atoms with Gasteiger partial charge in [-0.15, -0.1) is 0 Å². The summed E-state index contributed by atoms with van der Waals surface area (Å²) in [6.45, 7) is 1.47. The van der Waals surface area contributed by atoms with Crippen LogP contribution in [0.2, 0.25) is 0 Å². The van der Waals surface area contributed by atoms with Gasteiger partial charge in [0.15, 0.2) is 0 Å². The Morgan fingerprint density at radius 1 is 1.50 bits per heavy atom. The minimum absolute atomic E-state index is 0.150. The Balaban J connectivity index is 2.51. The zero-order valence-corrected chi connectivity index (χ0v) is 10.9. The molecule has 0 aromatic carbocycles. The van der Waals surface area contributed by atoms with Gasteiger partial charge in [-0.2, -0.15) is 0 Å². The van der Waals surface area contributed by atoms with Crippen LogP contribution in [0.1, 0.15) is 16.1 Å². The third-order valence-corrected chi connectivity index (χ3v) is 2.31. The van der Waals surface area contributed by atoms with Crippen LogP contribution in [-0.4, -0.2) is 61.0 Å². The van der Waals surface area contributed by atoms with Crippen LogP contribution < -0.4 is 5.32 Å². The molecule has 1 rings (SSSR count). The molecule has 0 aliphatic heterocycles. The van der Waals surface area contributed by atoms with Crippen molar-refractivity contribution in [2.75, 3.05) is 34.2 Å². The molecule has 0 saturated carbocycles. The van der Waals surface area contributed by atoms with E-state index in [9.17, 15) is 4.79 Å². The zero-order chi connectivity index (χ0) is 13.6. The van der Waals surface area contributed by atoms with E-state index in [1.54, 1.807) is 12.1 Å². The maximum Gasteiger partial charge on any atom is 0.253 e. The first-order chi connectivity index (χ1) is 8.42. The van der Waals surface area contributed by atoms with Gasteiger partial charge in [-0.1, -0.05) is 5.16 Å². The van der Waals surface area contributed by atoms with Crippen molar-refractivity contribution in [1.29, 1.82) is 0 Å². The number of carbonyl (C=O) groups excluding carboxylic acids is 1. The lowest BCUT2D eigenvalue weighted by atomic mass is 10.2. The van der Waals surface area contributed by atoms with E-state index in [0.29, 0.717) is 17.8 Å². The highest BCUT2D eigenvalue weighted by molar-refractivity contribution is 5.94. The van der Waals surface area contributed by atoms with Crippen molar-refractivity contribution in [2.24, 2.45) is 5.16 Å². The molecule has 2 N–H and O–H groups in total. The minimum Gasteiger partial charge on any atom is -0.411 e. The number of carbonyl (C=O) groups is 1. The fourth-order valence-electron chi connectivity index (χ4n) is 1.28. The molecule has 0 unspecified atom stereocenters. The SMILES string of the molecule is C[N+](C)(C)CCNC(=O)c1ccc(/C=N/O)nc1. The number of nitrogens with one attached hydrogen (secondary N) is 1. The maximum atomic E-state index is 11.8. The van der Waals surface area contributed by atoms with Gasteiger partial charge in [0.1, 0.15) is 0 Å². The lowest BCUT2D eigenvalue weighted by Gasteiger charge is -2.23. The third-order valence-electron chi connectivity index (χ3n) is 2.31. The number of quaternary nitrogens is 1. The monoisotopic (exact) mass is 251 g/mol. The summed E-state index contributed by atoms with van der Waals surface area (Å²) in [6, 6.07) is 3.26. The average molecular weight is 251 g/mol. The molecule has 98 valence electrons. The standard InChI is InChI=1S/C12H18N4O2/c1-16(2,3)7-6-13-12(17)10-4-5-11(9-15-18)14-8-10/h4-5,8-9H,6-7H2,1-3H3,(H-,13,14,17,18)/p+1. The van der Waals surface area contributed by atoms with Gasteiger partial charge < -0.3 is 15.0 Å². The van der Waals surface area contributed by atoms with Crippen LogP contribution in [0.5, 0.6) is 0 Å². The fourth-order valence-corrected chi connectivity index (χ4v) is 1.28. The lowest BCUT2D eigenvalue weighted by molar-refractivity contribution is -0.869. The van der Waals surface area contributed by atoms with E-state index in [4.69, 9.17) is 5.21 Å². The summed E-state index contributed by atoms with van der Waals surface area (Å²) in [5, 5.41) is 14.0. The van der Waals surface area contributed by atoms with Gasteiger partial charge in [0, 0.05) is 6.20 Å². The summed E-state index contributed by atoms with van der Waals surface area (Å²) in [7, 11) is 6.20. The number of oxime groups is 1. The largest absolute Gasteiger partial charge is 0.411 e. The van der Waals surface area contributed by atoms with Crippen LogP contribution in [-0.2, 0) is 0 Å². The summed E-state index contributed by atoms with van der Waals surface area (Å²) >= 11 is 0. The highest BCUT2D eigenvalue weighted by Gasteiger charge is 2.09. The van der Waals surface area contributed by atoms with E-state index in [0.717, 1.165) is 11.0 Å². The molecule has 0 saturated heterocycles. The van der Waals surface area contributed by atoms with Crippen LogP contribution in [0.3, 0.4) is 0 Å². The molecule has 1 aromatic rings. The molecule has 0 atom stereocenters. The number of rotatable bonds is 5. The second kappa shape index (κ2) is 6.11. The van der Waals surface area contributed by atoms with Crippen molar-refractivity contribution in [3.8, 4) is 0 Å². The molecule has 6 nitrogen and oxygen atoms in total. The van der Waals surface area contributed by atoms with E-state index in [2.05, 4.69) is 36.6 Å². The van der Waals surface area contributed by atoms with Crippen molar-refractivity contribution >= 4 is 12.1 Å². The first-order valence-corrected chi connectivity index (χ1v) is 5.64. The molecule has 0 bridgehead atoms. The zero-order valence-electron chi connectivity index (χ0n) is 10.9. The first-order valence-electron chi connectivity index (χ1n) is 5.64. The second-order valence-corrected chi connectivity index (χ2v) is 4.99. The molecule has 0 aliphatic carbocycles. The number of hydrogen-bond donors (Lipinski definition) is 2. The molecule has 1 aromatic heterocycles. The van der Waals surface area contributed by atoms with E-state index in [1.165, 1.54) is 12.4 Å². The average Bonchev–Trinajstić information content (AvgIpc) is 2.28. The normalized spacial score (nSPS) is 11.7. The quantitative estimate of drug-likeness (QED) is 0.343. The number of hydrogen-bond acceptors (Lipinski definition) is 4. The van der Waals surface area contributed by atoms with Crippen molar-refractivity contribution < 1.29 is 14.5 Å². The molecule has 18 heavy (non-hydrogen) atoms. The van der Waals surface area contributed by atoms with Crippen LogP contribution in [0.4, 0.5) is 0 Å². The number of pyridine rings is 1. The summed E-state index contributed by atoms with van der Waals surface area (Å²) in [6.07, 6.45) is 2.66. The van der Waals surface area contributed by atoms with Crippen molar-refractivity contribution in [1.82, 2.24) is 10.3 Å². The Labute approximate surface area is 107 Å². The summed E-state index contributed by atoms with van der Waals surface area (Å²) in [5.74, 6) is -0.150. The molecule has 0 fully saturated rings. The molecule has 1 heterocycles. The summed E-state index contributed by atoms with van der Waals surface area (Å²) in [4.78, 5) is 15.7. The predicted molar refractivity (Wildman–Crippen MR) is 68.9 cm³/mol. The van der Waals surface area contributed by atoms with Crippen LogP contribution in [0.15, 0.2) is 23.5 Å². The Morgan fingerprint density at radius 3 is 2.72 bits per heavy atom. The van der Waals surface area contributed by atoms with Crippen molar-refractivity contribution in [2.45, 2.75) is 0 Å². The van der Waals surface area contributed by atoms with E-state index in [1.807, 2.05) is 0 Å². The highest BCUT2D eigenvalue weighted by atomic mass is 16.4.